The molecule has 1 aromatic heterocycles. The van der Waals surface area contributed by atoms with Crippen molar-refractivity contribution in [2.75, 3.05) is 26.2 Å². The number of benzene rings is 1. The lowest BCUT2D eigenvalue weighted by atomic mass is 10.1. The maximum absolute atomic E-state index is 13.5. The van der Waals surface area contributed by atoms with Crippen LogP contribution in [-0.2, 0) is 18.3 Å². The van der Waals surface area contributed by atoms with Crippen molar-refractivity contribution in [2.24, 2.45) is 7.05 Å². The maximum atomic E-state index is 13.5. The van der Waals surface area contributed by atoms with Crippen molar-refractivity contribution in [1.82, 2.24) is 20.0 Å². The molecule has 25 heavy (non-hydrogen) atoms. The number of aryl methyl sites for hydroxylation is 2. The predicted octanol–water partition coefficient (Wildman–Crippen LogP) is 1.50. The molecule has 1 saturated heterocycles. The zero-order chi connectivity index (χ0) is 17.8. The van der Waals surface area contributed by atoms with Crippen molar-refractivity contribution >= 4 is 5.91 Å². The van der Waals surface area contributed by atoms with Gasteiger partial charge in [-0.2, -0.15) is 5.10 Å². The fraction of sp³-hybridized carbons (Fsp3) is 0.444. The first-order chi connectivity index (χ1) is 12.0. The number of hydrogen-bond acceptors (Lipinski definition) is 4. The van der Waals surface area contributed by atoms with Crippen LogP contribution in [0, 0.1) is 12.7 Å². The normalized spacial score (nSPS) is 18.3. The summed E-state index contributed by atoms with van der Waals surface area (Å²) in [5, 5.41) is 6.94. The van der Waals surface area contributed by atoms with Crippen LogP contribution in [-0.4, -0.2) is 52.9 Å². The molecule has 0 bridgehead atoms. The van der Waals surface area contributed by atoms with E-state index in [-0.39, 0.29) is 17.8 Å². The third-order valence-electron chi connectivity index (χ3n) is 4.36. The van der Waals surface area contributed by atoms with Gasteiger partial charge < -0.3 is 10.1 Å². The van der Waals surface area contributed by atoms with Crippen molar-refractivity contribution < 1.29 is 13.9 Å². The highest BCUT2D eigenvalue weighted by atomic mass is 19.1. The fourth-order valence-corrected chi connectivity index (χ4v) is 2.93. The number of hydrogen-bond donors (Lipinski definition) is 1. The molecule has 0 aliphatic carbocycles. The van der Waals surface area contributed by atoms with E-state index in [1.165, 1.54) is 6.07 Å². The van der Waals surface area contributed by atoms with Crippen LogP contribution in [0.3, 0.4) is 0 Å². The summed E-state index contributed by atoms with van der Waals surface area (Å²) in [4.78, 5) is 14.3. The largest absolute Gasteiger partial charge is 0.374 e. The highest BCUT2D eigenvalue weighted by Gasteiger charge is 2.22. The van der Waals surface area contributed by atoms with Gasteiger partial charge in [0.05, 0.1) is 12.7 Å². The quantitative estimate of drug-likeness (QED) is 0.891. The monoisotopic (exact) mass is 346 g/mol. The molecule has 1 aromatic carbocycles. The van der Waals surface area contributed by atoms with Gasteiger partial charge in [-0.05, 0) is 36.2 Å². The Labute approximate surface area is 146 Å². The summed E-state index contributed by atoms with van der Waals surface area (Å²) in [5.74, 6) is -0.421. The summed E-state index contributed by atoms with van der Waals surface area (Å²) >= 11 is 0. The van der Waals surface area contributed by atoms with Crippen LogP contribution in [0.2, 0.25) is 0 Å². The standard InChI is InChI=1S/C18H23FN4O2/c1-13-3-4-15(19)9-14(13)11-23-7-8-25-16(12-23)10-20-18(24)17-5-6-22(2)21-17/h3-6,9,16H,7-8,10-12H2,1-2H3,(H,20,24). The average Bonchev–Trinajstić information content (AvgIpc) is 3.03. The Bertz CT molecular complexity index is 746. The van der Waals surface area contributed by atoms with E-state index in [4.69, 9.17) is 4.74 Å². The molecule has 134 valence electrons. The van der Waals surface area contributed by atoms with Crippen LogP contribution in [0.5, 0.6) is 0 Å². The number of rotatable bonds is 5. The molecule has 0 saturated carbocycles. The lowest BCUT2D eigenvalue weighted by Crippen LogP contribution is -2.47. The minimum absolute atomic E-state index is 0.0877. The van der Waals surface area contributed by atoms with Crippen LogP contribution >= 0.6 is 0 Å². The lowest BCUT2D eigenvalue weighted by Gasteiger charge is -2.33. The number of nitrogens with zero attached hydrogens (tertiary/aromatic N) is 3. The molecule has 1 N–H and O–H groups in total. The number of carbonyl (C=O) groups is 1. The molecule has 0 spiro atoms. The molecular formula is C18H23FN4O2. The van der Waals surface area contributed by atoms with E-state index in [0.29, 0.717) is 31.9 Å². The molecule has 1 fully saturated rings. The first-order valence-electron chi connectivity index (χ1n) is 8.38. The average molecular weight is 346 g/mol. The first-order valence-corrected chi connectivity index (χ1v) is 8.38. The van der Waals surface area contributed by atoms with Gasteiger partial charge in [-0.15, -0.1) is 0 Å². The Morgan fingerprint density at radius 2 is 2.28 bits per heavy atom. The van der Waals surface area contributed by atoms with Gasteiger partial charge in [0.1, 0.15) is 11.5 Å². The second-order valence-electron chi connectivity index (χ2n) is 6.38. The number of amides is 1. The van der Waals surface area contributed by atoms with Crippen LogP contribution in [0.25, 0.3) is 0 Å². The Hall–Kier alpha value is -2.25. The second kappa shape index (κ2) is 7.76. The van der Waals surface area contributed by atoms with Crippen molar-refractivity contribution in [3.8, 4) is 0 Å². The van der Waals surface area contributed by atoms with E-state index in [1.54, 1.807) is 36.1 Å². The number of ether oxygens (including phenoxy) is 1. The smallest absolute Gasteiger partial charge is 0.271 e. The molecule has 1 aliphatic rings. The Kier molecular flexibility index (Phi) is 5.45. The van der Waals surface area contributed by atoms with E-state index >= 15 is 0 Å². The van der Waals surface area contributed by atoms with Crippen LogP contribution in [0.15, 0.2) is 30.5 Å². The minimum Gasteiger partial charge on any atom is -0.374 e. The second-order valence-corrected chi connectivity index (χ2v) is 6.38. The van der Waals surface area contributed by atoms with E-state index in [1.807, 2.05) is 6.92 Å². The molecule has 3 rings (SSSR count). The summed E-state index contributed by atoms with van der Waals surface area (Å²) < 4.78 is 20.8. The lowest BCUT2D eigenvalue weighted by molar-refractivity contribution is -0.0293. The maximum Gasteiger partial charge on any atom is 0.271 e. The van der Waals surface area contributed by atoms with Crippen LogP contribution in [0.1, 0.15) is 21.6 Å². The van der Waals surface area contributed by atoms with Crippen molar-refractivity contribution in [2.45, 2.75) is 19.6 Å². The van der Waals surface area contributed by atoms with Gasteiger partial charge in [0.15, 0.2) is 0 Å². The molecule has 1 atom stereocenters. The fourth-order valence-electron chi connectivity index (χ4n) is 2.93. The summed E-state index contributed by atoms with van der Waals surface area (Å²) in [6.45, 7) is 5.17. The molecule has 6 nitrogen and oxygen atoms in total. The third-order valence-corrected chi connectivity index (χ3v) is 4.36. The van der Waals surface area contributed by atoms with Gasteiger partial charge in [0.25, 0.3) is 5.91 Å². The summed E-state index contributed by atoms with van der Waals surface area (Å²) in [5.41, 5.74) is 2.46. The van der Waals surface area contributed by atoms with E-state index in [2.05, 4.69) is 15.3 Å². The molecule has 2 aromatic rings. The SMILES string of the molecule is Cc1ccc(F)cc1CN1CCOC(CNC(=O)c2ccn(C)n2)C1. The van der Waals surface area contributed by atoms with E-state index in [0.717, 1.165) is 17.7 Å². The number of nitrogens with one attached hydrogen (secondary N) is 1. The molecular weight excluding hydrogens is 323 g/mol. The predicted molar refractivity (Wildman–Crippen MR) is 91.7 cm³/mol. The highest BCUT2D eigenvalue weighted by molar-refractivity contribution is 5.92. The molecule has 2 heterocycles. The molecule has 0 radical (unpaired) electrons. The van der Waals surface area contributed by atoms with Gasteiger partial charge in [0, 0.05) is 39.4 Å². The Balaban J connectivity index is 1.52. The van der Waals surface area contributed by atoms with Gasteiger partial charge in [-0.25, -0.2) is 4.39 Å². The highest BCUT2D eigenvalue weighted by Crippen LogP contribution is 2.15. The minimum atomic E-state index is -0.215. The van der Waals surface area contributed by atoms with Crippen LogP contribution in [0.4, 0.5) is 4.39 Å². The van der Waals surface area contributed by atoms with Gasteiger partial charge in [0.2, 0.25) is 0 Å². The van der Waals surface area contributed by atoms with Gasteiger partial charge in [-0.3, -0.25) is 14.4 Å². The van der Waals surface area contributed by atoms with Crippen molar-refractivity contribution in [1.29, 1.82) is 0 Å². The number of carbonyl (C=O) groups excluding carboxylic acids is 1. The Morgan fingerprint density at radius 3 is 3.04 bits per heavy atom. The molecule has 1 unspecified atom stereocenters. The van der Waals surface area contributed by atoms with E-state index in [9.17, 15) is 9.18 Å². The van der Waals surface area contributed by atoms with Gasteiger partial charge >= 0.3 is 0 Å². The number of morpholine rings is 1. The third kappa shape index (κ3) is 4.64. The van der Waals surface area contributed by atoms with Gasteiger partial charge in [-0.1, -0.05) is 6.07 Å². The van der Waals surface area contributed by atoms with Crippen LogP contribution < -0.4 is 5.32 Å². The molecule has 1 amide bonds. The summed E-state index contributed by atoms with van der Waals surface area (Å²) in [6, 6.07) is 6.54. The molecule has 7 heteroatoms. The van der Waals surface area contributed by atoms with Crippen molar-refractivity contribution in [3.63, 3.8) is 0 Å². The van der Waals surface area contributed by atoms with Crippen molar-refractivity contribution in [3.05, 3.63) is 53.1 Å². The zero-order valence-corrected chi connectivity index (χ0v) is 14.5. The number of halogens is 1. The Morgan fingerprint density at radius 1 is 1.44 bits per heavy atom. The summed E-state index contributed by atoms with van der Waals surface area (Å²) in [7, 11) is 1.77. The number of aromatic nitrogens is 2. The first kappa shape index (κ1) is 17.6. The summed E-state index contributed by atoms with van der Waals surface area (Å²) in [6.07, 6.45) is 1.64. The molecule has 1 aliphatic heterocycles. The topological polar surface area (TPSA) is 59.4 Å². The zero-order valence-electron chi connectivity index (χ0n) is 14.5. The van der Waals surface area contributed by atoms with E-state index < -0.39 is 0 Å².